The van der Waals surface area contributed by atoms with Gasteiger partial charge in [-0.2, -0.15) is 0 Å². The van der Waals surface area contributed by atoms with Gasteiger partial charge in [-0.15, -0.1) is 0 Å². The van der Waals surface area contributed by atoms with Crippen molar-refractivity contribution in [2.45, 2.75) is 19.4 Å². The van der Waals surface area contributed by atoms with Crippen molar-refractivity contribution in [3.8, 4) is 5.75 Å². The largest absolute Gasteiger partial charge is 0.490 e. The normalized spacial score (nSPS) is 16.2. The van der Waals surface area contributed by atoms with Crippen molar-refractivity contribution >= 4 is 23.2 Å². The second-order valence-electron chi connectivity index (χ2n) is 4.48. The van der Waals surface area contributed by atoms with Gasteiger partial charge >= 0.3 is 0 Å². The molecule has 0 radical (unpaired) electrons. The summed E-state index contributed by atoms with van der Waals surface area (Å²) >= 11 is 12.1. The van der Waals surface area contributed by atoms with Gasteiger partial charge in [-0.25, -0.2) is 0 Å². The number of nitrogens with two attached hydrogens (primary N) is 1. The van der Waals surface area contributed by atoms with E-state index in [-0.39, 0.29) is 0 Å². The number of hydrogen-bond donors (Lipinski definition) is 1. The van der Waals surface area contributed by atoms with Gasteiger partial charge in [0.1, 0.15) is 12.4 Å². The van der Waals surface area contributed by atoms with E-state index in [9.17, 15) is 0 Å². The van der Waals surface area contributed by atoms with Gasteiger partial charge in [0.25, 0.3) is 0 Å². The Morgan fingerprint density at radius 2 is 1.94 bits per heavy atom. The third-order valence-electron chi connectivity index (χ3n) is 3.16. The fraction of sp³-hybridized carbons (Fsp3) is 0.538. The Morgan fingerprint density at radius 1 is 1.22 bits per heavy atom. The van der Waals surface area contributed by atoms with Gasteiger partial charge in [-0.1, -0.05) is 23.2 Å². The molecule has 1 aliphatic rings. The number of halogens is 2. The molecule has 5 heteroatoms. The molecule has 18 heavy (non-hydrogen) atoms. The van der Waals surface area contributed by atoms with E-state index in [1.165, 1.54) is 25.9 Å². The predicted molar refractivity (Wildman–Crippen MR) is 75.5 cm³/mol. The molecule has 100 valence electrons. The van der Waals surface area contributed by atoms with Gasteiger partial charge in [0, 0.05) is 23.7 Å². The lowest BCUT2D eigenvalue weighted by Gasteiger charge is -2.17. The minimum absolute atomic E-state index is 0.374. The summed E-state index contributed by atoms with van der Waals surface area (Å²) in [4.78, 5) is 2.39. The molecule has 2 rings (SSSR count). The quantitative estimate of drug-likeness (QED) is 0.905. The van der Waals surface area contributed by atoms with Crippen molar-refractivity contribution in [2.24, 2.45) is 5.73 Å². The molecular formula is C13H18Cl2N2O. The summed E-state index contributed by atoms with van der Waals surface area (Å²) in [5.74, 6) is 0.669. The van der Waals surface area contributed by atoms with Crippen LogP contribution in [0.15, 0.2) is 12.1 Å². The third-order valence-corrected chi connectivity index (χ3v) is 3.66. The molecule has 1 saturated heterocycles. The van der Waals surface area contributed by atoms with Crippen LogP contribution in [0.5, 0.6) is 5.75 Å². The second kappa shape index (κ2) is 6.62. The van der Waals surface area contributed by atoms with Crippen molar-refractivity contribution in [1.29, 1.82) is 0 Å². The highest BCUT2D eigenvalue weighted by molar-refractivity contribution is 6.35. The van der Waals surface area contributed by atoms with Crippen molar-refractivity contribution < 1.29 is 4.74 Å². The number of benzene rings is 1. The van der Waals surface area contributed by atoms with Gasteiger partial charge in [0.15, 0.2) is 0 Å². The highest BCUT2D eigenvalue weighted by Gasteiger charge is 2.13. The fourth-order valence-corrected chi connectivity index (χ4v) is 2.80. The molecule has 0 atom stereocenters. The lowest BCUT2D eigenvalue weighted by atomic mass is 10.2. The lowest BCUT2D eigenvalue weighted by Crippen LogP contribution is -2.25. The topological polar surface area (TPSA) is 38.5 Å². The number of ether oxygens (including phenoxy) is 1. The molecule has 0 unspecified atom stereocenters. The van der Waals surface area contributed by atoms with Crippen LogP contribution in [0, 0.1) is 0 Å². The smallest absolute Gasteiger partial charge is 0.142 e. The monoisotopic (exact) mass is 288 g/mol. The maximum atomic E-state index is 6.13. The summed E-state index contributed by atoms with van der Waals surface area (Å²) in [6, 6.07) is 3.49. The molecule has 1 aliphatic heterocycles. The first-order valence-electron chi connectivity index (χ1n) is 6.24. The van der Waals surface area contributed by atoms with Crippen molar-refractivity contribution in [1.82, 2.24) is 4.90 Å². The Hall–Kier alpha value is -0.480. The van der Waals surface area contributed by atoms with Crippen LogP contribution in [0.4, 0.5) is 0 Å². The Bertz CT molecular complexity index is 406. The maximum Gasteiger partial charge on any atom is 0.142 e. The highest BCUT2D eigenvalue weighted by atomic mass is 35.5. The standard InChI is InChI=1S/C13H18Cl2N2O/c14-11-7-10(9-16)13(12(15)8-11)18-6-5-17-3-1-2-4-17/h7-8H,1-6,9,16H2. The van der Waals surface area contributed by atoms with Gasteiger partial charge in [0.05, 0.1) is 5.02 Å². The average Bonchev–Trinajstić information content (AvgIpc) is 2.84. The van der Waals surface area contributed by atoms with Crippen LogP contribution in [-0.2, 0) is 6.54 Å². The van der Waals surface area contributed by atoms with Gasteiger partial charge in [-0.05, 0) is 38.1 Å². The van der Waals surface area contributed by atoms with E-state index in [2.05, 4.69) is 4.90 Å². The van der Waals surface area contributed by atoms with E-state index in [4.69, 9.17) is 33.7 Å². The summed E-state index contributed by atoms with van der Waals surface area (Å²) < 4.78 is 5.76. The Labute approximate surface area is 118 Å². The van der Waals surface area contributed by atoms with Gasteiger partial charge in [0.2, 0.25) is 0 Å². The lowest BCUT2D eigenvalue weighted by molar-refractivity contribution is 0.236. The second-order valence-corrected chi connectivity index (χ2v) is 5.32. The molecular weight excluding hydrogens is 271 g/mol. The van der Waals surface area contributed by atoms with Gasteiger partial charge in [-0.3, -0.25) is 4.90 Å². The van der Waals surface area contributed by atoms with E-state index >= 15 is 0 Å². The zero-order valence-electron chi connectivity index (χ0n) is 10.3. The summed E-state index contributed by atoms with van der Waals surface area (Å²) in [7, 11) is 0. The van der Waals surface area contributed by atoms with Crippen LogP contribution in [0.25, 0.3) is 0 Å². The Morgan fingerprint density at radius 3 is 2.61 bits per heavy atom. The maximum absolute atomic E-state index is 6.13. The summed E-state index contributed by atoms with van der Waals surface area (Å²) in [5.41, 5.74) is 6.53. The van der Waals surface area contributed by atoms with E-state index in [1.807, 2.05) is 0 Å². The molecule has 0 amide bonds. The molecule has 0 bridgehead atoms. The van der Waals surface area contributed by atoms with Crippen LogP contribution in [-0.4, -0.2) is 31.1 Å². The molecule has 1 heterocycles. The molecule has 0 aromatic heterocycles. The molecule has 0 aliphatic carbocycles. The van der Waals surface area contributed by atoms with Crippen molar-refractivity contribution in [3.63, 3.8) is 0 Å². The number of likely N-dealkylation sites (tertiary alicyclic amines) is 1. The molecule has 0 saturated carbocycles. The third kappa shape index (κ3) is 3.51. The highest BCUT2D eigenvalue weighted by Crippen LogP contribution is 2.32. The summed E-state index contributed by atoms with van der Waals surface area (Å²) in [5, 5.41) is 1.12. The zero-order valence-corrected chi connectivity index (χ0v) is 11.8. The molecule has 0 spiro atoms. The first-order chi connectivity index (χ1) is 8.70. The van der Waals surface area contributed by atoms with Crippen molar-refractivity contribution in [3.05, 3.63) is 27.7 Å². The van der Waals surface area contributed by atoms with E-state index < -0.39 is 0 Å². The Balaban J connectivity index is 1.95. The first-order valence-corrected chi connectivity index (χ1v) is 6.99. The number of rotatable bonds is 5. The van der Waals surface area contributed by atoms with E-state index in [0.29, 0.717) is 28.9 Å². The van der Waals surface area contributed by atoms with Crippen LogP contribution in [0.3, 0.4) is 0 Å². The summed E-state index contributed by atoms with van der Waals surface area (Å²) in [6.07, 6.45) is 2.57. The summed E-state index contributed by atoms with van der Waals surface area (Å²) in [6.45, 7) is 4.28. The van der Waals surface area contributed by atoms with Crippen LogP contribution in [0.2, 0.25) is 10.0 Å². The fourth-order valence-electron chi connectivity index (χ4n) is 2.21. The average molecular weight is 289 g/mol. The SMILES string of the molecule is NCc1cc(Cl)cc(Cl)c1OCCN1CCCC1. The first kappa shape index (κ1) is 13.9. The Kier molecular flexibility index (Phi) is 5.13. The van der Waals surface area contributed by atoms with Crippen LogP contribution in [0.1, 0.15) is 18.4 Å². The van der Waals surface area contributed by atoms with E-state index in [1.54, 1.807) is 12.1 Å². The molecule has 2 N–H and O–H groups in total. The molecule has 1 aromatic rings. The minimum Gasteiger partial charge on any atom is -0.490 e. The van der Waals surface area contributed by atoms with Crippen LogP contribution >= 0.6 is 23.2 Å². The molecule has 1 aromatic carbocycles. The minimum atomic E-state index is 0.374. The van der Waals surface area contributed by atoms with Crippen LogP contribution < -0.4 is 10.5 Å². The number of nitrogens with zero attached hydrogens (tertiary/aromatic N) is 1. The zero-order chi connectivity index (χ0) is 13.0. The molecule has 1 fully saturated rings. The number of hydrogen-bond acceptors (Lipinski definition) is 3. The van der Waals surface area contributed by atoms with E-state index in [0.717, 1.165) is 12.1 Å². The van der Waals surface area contributed by atoms with Gasteiger partial charge < -0.3 is 10.5 Å². The molecule has 3 nitrogen and oxygen atoms in total. The predicted octanol–water partition coefficient (Wildman–Crippen LogP) is 2.93. The van der Waals surface area contributed by atoms with Crippen molar-refractivity contribution in [2.75, 3.05) is 26.2 Å².